The monoisotopic (exact) mass is 222 g/mol. The Labute approximate surface area is 96.3 Å². The quantitative estimate of drug-likeness (QED) is 0.707. The molecule has 0 radical (unpaired) electrons. The molecular formula is C12H18N2O2. The van der Waals surface area contributed by atoms with E-state index in [-0.39, 0.29) is 0 Å². The maximum atomic E-state index is 4.98. The van der Waals surface area contributed by atoms with Crippen LogP contribution in [-0.4, -0.2) is 38.9 Å². The molecule has 0 spiro atoms. The van der Waals surface area contributed by atoms with Gasteiger partial charge in [-0.15, -0.1) is 0 Å². The van der Waals surface area contributed by atoms with Crippen LogP contribution in [0.5, 0.6) is 5.88 Å². The van der Waals surface area contributed by atoms with E-state index in [0.29, 0.717) is 5.88 Å². The van der Waals surface area contributed by atoms with Crippen molar-refractivity contribution in [3.8, 4) is 5.88 Å². The Hall–Kier alpha value is -1.39. The lowest BCUT2D eigenvalue weighted by Gasteiger charge is -2.00. The molecule has 0 bridgehead atoms. The van der Waals surface area contributed by atoms with Crippen molar-refractivity contribution in [3.63, 3.8) is 0 Å². The number of methoxy groups -OCH3 is 2. The summed E-state index contributed by atoms with van der Waals surface area (Å²) in [5.74, 6) is 0.635. The molecule has 0 amide bonds. The van der Waals surface area contributed by atoms with Gasteiger partial charge in [0, 0.05) is 32.5 Å². The molecular weight excluding hydrogens is 204 g/mol. The highest BCUT2D eigenvalue weighted by atomic mass is 16.5. The van der Waals surface area contributed by atoms with E-state index in [4.69, 9.17) is 9.47 Å². The Morgan fingerprint density at radius 3 is 2.88 bits per heavy atom. The summed E-state index contributed by atoms with van der Waals surface area (Å²) in [6.07, 6.45) is 5.86. The van der Waals surface area contributed by atoms with Gasteiger partial charge < -0.3 is 14.8 Å². The summed E-state index contributed by atoms with van der Waals surface area (Å²) < 4.78 is 9.90. The Bertz CT molecular complexity index is 309. The first-order valence-corrected chi connectivity index (χ1v) is 5.23. The van der Waals surface area contributed by atoms with Crippen LogP contribution in [0.4, 0.5) is 0 Å². The minimum Gasteiger partial charge on any atom is -0.481 e. The van der Waals surface area contributed by atoms with Crippen LogP contribution >= 0.6 is 0 Å². The zero-order valence-electron chi connectivity index (χ0n) is 9.77. The fourth-order valence-electron chi connectivity index (χ4n) is 1.17. The molecule has 0 saturated carbocycles. The van der Waals surface area contributed by atoms with Gasteiger partial charge >= 0.3 is 0 Å². The van der Waals surface area contributed by atoms with Crippen LogP contribution in [0, 0.1) is 0 Å². The van der Waals surface area contributed by atoms with Crippen molar-refractivity contribution in [1.29, 1.82) is 0 Å². The second-order valence-corrected chi connectivity index (χ2v) is 3.23. The second-order valence-electron chi connectivity index (χ2n) is 3.23. The minimum atomic E-state index is 0.635. The minimum absolute atomic E-state index is 0.635. The van der Waals surface area contributed by atoms with E-state index in [1.807, 2.05) is 18.2 Å². The van der Waals surface area contributed by atoms with Crippen molar-refractivity contribution in [2.45, 2.75) is 0 Å². The summed E-state index contributed by atoms with van der Waals surface area (Å²) in [6.45, 7) is 2.43. The Morgan fingerprint density at radius 2 is 2.25 bits per heavy atom. The maximum absolute atomic E-state index is 4.98. The van der Waals surface area contributed by atoms with Gasteiger partial charge in [0.15, 0.2) is 0 Å². The molecule has 0 aromatic carbocycles. The summed E-state index contributed by atoms with van der Waals surface area (Å²) in [7, 11) is 3.30. The number of rotatable bonds is 7. The average molecular weight is 222 g/mol. The summed E-state index contributed by atoms with van der Waals surface area (Å²) in [4.78, 5) is 4.11. The maximum Gasteiger partial charge on any atom is 0.212 e. The molecule has 4 nitrogen and oxygen atoms in total. The van der Waals surface area contributed by atoms with Crippen LogP contribution in [0.2, 0.25) is 0 Å². The van der Waals surface area contributed by atoms with Crippen LogP contribution in [0.1, 0.15) is 5.56 Å². The molecule has 1 aromatic heterocycles. The molecule has 0 aliphatic heterocycles. The van der Waals surface area contributed by atoms with Crippen molar-refractivity contribution < 1.29 is 9.47 Å². The first kappa shape index (κ1) is 12.7. The number of nitrogens with one attached hydrogen (secondary N) is 1. The van der Waals surface area contributed by atoms with E-state index < -0.39 is 0 Å². The highest BCUT2D eigenvalue weighted by Gasteiger charge is 1.90. The molecule has 4 heteroatoms. The molecule has 0 fully saturated rings. The average Bonchev–Trinajstić information content (AvgIpc) is 2.34. The highest BCUT2D eigenvalue weighted by molar-refractivity contribution is 5.48. The van der Waals surface area contributed by atoms with Crippen molar-refractivity contribution >= 4 is 6.08 Å². The first-order valence-electron chi connectivity index (χ1n) is 5.23. The molecule has 0 atom stereocenters. The van der Waals surface area contributed by atoms with Crippen molar-refractivity contribution in [1.82, 2.24) is 10.3 Å². The van der Waals surface area contributed by atoms with E-state index in [1.54, 1.807) is 20.4 Å². The van der Waals surface area contributed by atoms with Gasteiger partial charge in [0.25, 0.3) is 0 Å². The Kier molecular flexibility index (Phi) is 6.22. The lowest BCUT2D eigenvalue weighted by molar-refractivity contribution is 0.200. The normalized spacial score (nSPS) is 10.9. The van der Waals surface area contributed by atoms with Crippen LogP contribution in [0.3, 0.4) is 0 Å². The van der Waals surface area contributed by atoms with Gasteiger partial charge in [0.05, 0.1) is 13.7 Å². The largest absolute Gasteiger partial charge is 0.481 e. The third-order valence-corrected chi connectivity index (χ3v) is 2.02. The molecule has 16 heavy (non-hydrogen) atoms. The lowest BCUT2D eigenvalue weighted by Crippen LogP contribution is -2.18. The van der Waals surface area contributed by atoms with Gasteiger partial charge in [0.1, 0.15) is 0 Å². The predicted octanol–water partition coefficient (Wildman–Crippen LogP) is 1.34. The van der Waals surface area contributed by atoms with Gasteiger partial charge in [-0.3, -0.25) is 0 Å². The number of nitrogens with zero attached hydrogens (tertiary/aromatic N) is 1. The fraction of sp³-hybridized carbons (Fsp3) is 0.417. The van der Waals surface area contributed by atoms with E-state index in [9.17, 15) is 0 Å². The van der Waals surface area contributed by atoms with Gasteiger partial charge in [-0.2, -0.15) is 0 Å². The molecule has 0 saturated heterocycles. The van der Waals surface area contributed by atoms with E-state index >= 15 is 0 Å². The van der Waals surface area contributed by atoms with Gasteiger partial charge in [-0.1, -0.05) is 12.2 Å². The van der Waals surface area contributed by atoms with Crippen LogP contribution < -0.4 is 10.1 Å². The molecule has 1 rings (SSSR count). The van der Waals surface area contributed by atoms with Crippen molar-refractivity contribution in [2.75, 3.05) is 33.9 Å². The number of ether oxygens (including phenoxy) is 2. The summed E-state index contributed by atoms with van der Waals surface area (Å²) in [5.41, 5.74) is 1.06. The molecule has 1 heterocycles. The van der Waals surface area contributed by atoms with Crippen molar-refractivity contribution in [2.24, 2.45) is 0 Å². The van der Waals surface area contributed by atoms with E-state index in [0.717, 1.165) is 25.3 Å². The SMILES string of the molecule is COCCNC/C=C/c1ccc(OC)nc1. The second kappa shape index (κ2) is 7.84. The summed E-state index contributed by atoms with van der Waals surface area (Å²) in [5, 5.41) is 3.22. The predicted molar refractivity (Wildman–Crippen MR) is 64.6 cm³/mol. The molecule has 0 unspecified atom stereocenters. The molecule has 1 N–H and O–H groups in total. The summed E-state index contributed by atoms with van der Waals surface area (Å²) >= 11 is 0. The summed E-state index contributed by atoms with van der Waals surface area (Å²) in [6, 6.07) is 3.81. The van der Waals surface area contributed by atoms with E-state index in [2.05, 4.69) is 16.4 Å². The zero-order chi connectivity index (χ0) is 11.6. The first-order chi connectivity index (χ1) is 7.86. The fourth-order valence-corrected chi connectivity index (χ4v) is 1.17. The topological polar surface area (TPSA) is 43.4 Å². The smallest absolute Gasteiger partial charge is 0.212 e. The lowest BCUT2D eigenvalue weighted by atomic mass is 10.2. The molecule has 1 aromatic rings. The number of pyridine rings is 1. The van der Waals surface area contributed by atoms with Crippen LogP contribution in [0.15, 0.2) is 24.4 Å². The molecule has 88 valence electrons. The molecule has 0 aliphatic rings. The third-order valence-electron chi connectivity index (χ3n) is 2.02. The van der Waals surface area contributed by atoms with Crippen LogP contribution in [-0.2, 0) is 4.74 Å². The number of aromatic nitrogens is 1. The number of hydrogen-bond donors (Lipinski definition) is 1. The Morgan fingerprint density at radius 1 is 1.38 bits per heavy atom. The van der Waals surface area contributed by atoms with Gasteiger partial charge in [0.2, 0.25) is 5.88 Å². The molecule has 0 aliphatic carbocycles. The third kappa shape index (κ3) is 4.91. The van der Waals surface area contributed by atoms with Crippen molar-refractivity contribution in [3.05, 3.63) is 30.0 Å². The van der Waals surface area contributed by atoms with E-state index in [1.165, 1.54) is 0 Å². The van der Waals surface area contributed by atoms with Gasteiger partial charge in [-0.25, -0.2) is 4.98 Å². The highest BCUT2D eigenvalue weighted by Crippen LogP contribution is 2.07. The Balaban J connectivity index is 2.27. The standard InChI is InChI=1S/C12H18N2O2/c1-15-9-8-13-7-3-4-11-5-6-12(16-2)14-10-11/h3-6,10,13H,7-9H2,1-2H3/b4-3+. The van der Waals surface area contributed by atoms with Gasteiger partial charge in [-0.05, 0) is 11.6 Å². The zero-order valence-corrected chi connectivity index (χ0v) is 9.77. The van der Waals surface area contributed by atoms with Crippen LogP contribution in [0.25, 0.3) is 6.08 Å². The number of hydrogen-bond acceptors (Lipinski definition) is 4.